The van der Waals surface area contributed by atoms with E-state index in [4.69, 9.17) is 5.73 Å². The molecule has 4 rings (SSSR count). The first kappa shape index (κ1) is 18.9. The normalized spacial score (nSPS) is 12.3. The van der Waals surface area contributed by atoms with Crippen LogP contribution >= 0.6 is 12.4 Å². The Morgan fingerprint density at radius 1 is 1.30 bits per heavy atom. The number of aryl methyl sites for hydroxylation is 1. The van der Waals surface area contributed by atoms with E-state index < -0.39 is 11.7 Å². The van der Waals surface area contributed by atoms with Gasteiger partial charge in [-0.1, -0.05) is 18.2 Å². The summed E-state index contributed by atoms with van der Waals surface area (Å²) in [6.07, 6.45) is 1.71. The molecule has 3 aromatic rings. The van der Waals surface area contributed by atoms with Crippen LogP contribution in [0.25, 0.3) is 0 Å². The van der Waals surface area contributed by atoms with Crippen LogP contribution in [-0.2, 0) is 20.1 Å². The zero-order chi connectivity index (χ0) is 18.3. The van der Waals surface area contributed by atoms with Gasteiger partial charge in [0.2, 0.25) is 0 Å². The molecule has 140 valence electrons. The van der Waals surface area contributed by atoms with Gasteiger partial charge < -0.3 is 16.0 Å². The van der Waals surface area contributed by atoms with Crippen molar-refractivity contribution in [3.8, 4) is 0 Å². The van der Waals surface area contributed by atoms with Gasteiger partial charge in [-0.3, -0.25) is 9.48 Å². The Balaban J connectivity index is 0.00000210. The molecule has 0 saturated heterocycles. The number of para-hydroxylation sites is 2. The predicted octanol–water partition coefficient (Wildman–Crippen LogP) is 3.34. The van der Waals surface area contributed by atoms with Crippen LogP contribution < -0.4 is 16.0 Å². The molecule has 1 aromatic heterocycles. The summed E-state index contributed by atoms with van der Waals surface area (Å²) in [4.78, 5) is 14.7. The number of anilines is 3. The zero-order valence-electron chi connectivity index (χ0n) is 14.6. The van der Waals surface area contributed by atoms with Crippen LogP contribution in [0.4, 0.5) is 21.6 Å². The number of carbonyl (C=O) groups is 1. The summed E-state index contributed by atoms with van der Waals surface area (Å²) in [5.74, 6) is -0.164. The number of hydrogen-bond acceptors (Lipinski definition) is 4. The predicted molar refractivity (Wildman–Crippen MR) is 105 cm³/mol. The van der Waals surface area contributed by atoms with Crippen molar-refractivity contribution < 1.29 is 9.18 Å². The van der Waals surface area contributed by atoms with E-state index in [1.54, 1.807) is 21.8 Å². The first-order chi connectivity index (χ1) is 12.6. The fourth-order valence-corrected chi connectivity index (χ4v) is 3.14. The summed E-state index contributed by atoms with van der Waals surface area (Å²) >= 11 is 0. The molecule has 0 aliphatic carbocycles. The Morgan fingerprint density at radius 2 is 2.07 bits per heavy atom. The van der Waals surface area contributed by atoms with Crippen molar-refractivity contribution in [1.82, 2.24) is 9.78 Å². The minimum atomic E-state index is -0.570. The second kappa shape index (κ2) is 7.38. The fourth-order valence-electron chi connectivity index (χ4n) is 3.14. The third-order valence-electron chi connectivity index (χ3n) is 4.54. The first-order valence-corrected chi connectivity index (χ1v) is 8.25. The summed E-state index contributed by atoms with van der Waals surface area (Å²) in [5.41, 5.74) is 8.52. The average Bonchev–Trinajstić information content (AvgIpc) is 2.90. The van der Waals surface area contributed by atoms with Crippen LogP contribution in [0.15, 0.2) is 48.7 Å². The number of amides is 1. The molecule has 0 spiro atoms. The summed E-state index contributed by atoms with van der Waals surface area (Å²) in [6.45, 7) is 0.519. The topological polar surface area (TPSA) is 76.2 Å². The van der Waals surface area contributed by atoms with Gasteiger partial charge in [0, 0.05) is 19.2 Å². The van der Waals surface area contributed by atoms with Gasteiger partial charge in [0.1, 0.15) is 11.6 Å². The standard InChI is InChI=1S/C19H18FN5O.ClH/c1-24-18-13(10-22-24)11-25(17-5-3-2-4-16(17)23-18)19(26)14-7-6-12(9-21)8-15(14)20;/h2-8,10,23H,9,11,21H2,1H3;1H. The molecule has 1 amide bonds. The number of nitrogens with two attached hydrogens (primary N) is 1. The van der Waals surface area contributed by atoms with Gasteiger partial charge in [-0.05, 0) is 29.8 Å². The maximum Gasteiger partial charge on any atom is 0.261 e. The van der Waals surface area contributed by atoms with E-state index in [1.807, 2.05) is 31.3 Å². The summed E-state index contributed by atoms with van der Waals surface area (Å²) in [6, 6.07) is 11.9. The third-order valence-corrected chi connectivity index (χ3v) is 4.54. The van der Waals surface area contributed by atoms with Gasteiger partial charge in [0.15, 0.2) is 0 Å². The molecule has 3 N–H and O–H groups in total. The van der Waals surface area contributed by atoms with Gasteiger partial charge >= 0.3 is 0 Å². The van der Waals surface area contributed by atoms with Crippen LogP contribution in [-0.4, -0.2) is 15.7 Å². The van der Waals surface area contributed by atoms with Crippen molar-refractivity contribution in [1.29, 1.82) is 0 Å². The van der Waals surface area contributed by atoms with Crippen LogP contribution in [0.5, 0.6) is 0 Å². The number of nitrogens with one attached hydrogen (secondary N) is 1. The number of aromatic nitrogens is 2. The summed E-state index contributed by atoms with van der Waals surface area (Å²) in [7, 11) is 1.83. The van der Waals surface area contributed by atoms with Gasteiger partial charge in [-0.2, -0.15) is 5.10 Å². The lowest BCUT2D eigenvalue weighted by Crippen LogP contribution is -2.30. The minimum Gasteiger partial charge on any atom is -0.338 e. The van der Waals surface area contributed by atoms with Crippen molar-refractivity contribution in [2.24, 2.45) is 12.8 Å². The highest BCUT2D eigenvalue weighted by atomic mass is 35.5. The fraction of sp³-hybridized carbons (Fsp3) is 0.158. The molecule has 0 unspecified atom stereocenters. The highest BCUT2D eigenvalue weighted by molar-refractivity contribution is 6.08. The van der Waals surface area contributed by atoms with Gasteiger partial charge in [-0.25, -0.2) is 4.39 Å². The van der Waals surface area contributed by atoms with Crippen molar-refractivity contribution in [2.45, 2.75) is 13.1 Å². The molecule has 6 nitrogen and oxygen atoms in total. The quantitative estimate of drug-likeness (QED) is 0.707. The molecule has 0 radical (unpaired) electrons. The smallest absolute Gasteiger partial charge is 0.261 e. The second-order valence-electron chi connectivity index (χ2n) is 6.19. The van der Waals surface area contributed by atoms with E-state index in [0.717, 1.165) is 17.1 Å². The Morgan fingerprint density at radius 3 is 2.81 bits per heavy atom. The number of fused-ring (bicyclic) bond motifs is 2. The average molecular weight is 388 g/mol. The molecule has 27 heavy (non-hydrogen) atoms. The van der Waals surface area contributed by atoms with E-state index in [1.165, 1.54) is 12.1 Å². The lowest BCUT2D eigenvalue weighted by Gasteiger charge is -2.23. The van der Waals surface area contributed by atoms with Crippen molar-refractivity contribution >= 4 is 35.5 Å². The second-order valence-corrected chi connectivity index (χ2v) is 6.19. The van der Waals surface area contributed by atoms with E-state index in [2.05, 4.69) is 10.4 Å². The largest absolute Gasteiger partial charge is 0.338 e. The Labute approximate surface area is 162 Å². The molecule has 0 saturated carbocycles. The van der Waals surface area contributed by atoms with Gasteiger partial charge in [-0.15, -0.1) is 12.4 Å². The highest BCUT2D eigenvalue weighted by Crippen LogP contribution is 2.36. The van der Waals surface area contributed by atoms with Crippen LogP contribution in [0.1, 0.15) is 21.5 Å². The molecular weight excluding hydrogens is 369 g/mol. The first-order valence-electron chi connectivity index (χ1n) is 8.25. The maximum atomic E-state index is 14.5. The molecule has 0 fully saturated rings. The van der Waals surface area contributed by atoms with Gasteiger partial charge in [0.25, 0.3) is 5.91 Å². The van der Waals surface area contributed by atoms with E-state index in [0.29, 0.717) is 17.8 Å². The highest BCUT2D eigenvalue weighted by Gasteiger charge is 2.28. The maximum absolute atomic E-state index is 14.5. The number of carbonyl (C=O) groups excluding carboxylic acids is 1. The van der Waals surface area contributed by atoms with Crippen molar-refractivity contribution in [3.63, 3.8) is 0 Å². The summed E-state index contributed by atoms with van der Waals surface area (Å²) < 4.78 is 16.2. The molecule has 8 heteroatoms. The Bertz CT molecular complexity index is 1000. The molecular formula is C19H19ClFN5O. The van der Waals surface area contributed by atoms with Crippen LogP contribution in [0.2, 0.25) is 0 Å². The van der Waals surface area contributed by atoms with Crippen LogP contribution in [0, 0.1) is 5.82 Å². The molecule has 2 aromatic carbocycles. The van der Waals surface area contributed by atoms with Crippen LogP contribution in [0.3, 0.4) is 0 Å². The lowest BCUT2D eigenvalue weighted by atomic mass is 10.1. The number of nitrogens with zero attached hydrogens (tertiary/aromatic N) is 3. The third kappa shape index (κ3) is 3.27. The van der Waals surface area contributed by atoms with Crippen molar-refractivity contribution in [3.05, 3.63) is 71.2 Å². The number of rotatable bonds is 2. The van der Waals surface area contributed by atoms with Crippen molar-refractivity contribution in [2.75, 3.05) is 10.2 Å². The van der Waals surface area contributed by atoms with E-state index >= 15 is 0 Å². The lowest BCUT2D eigenvalue weighted by molar-refractivity contribution is 0.0981. The number of hydrogen-bond donors (Lipinski definition) is 2. The summed E-state index contributed by atoms with van der Waals surface area (Å²) in [5, 5.41) is 7.56. The molecule has 1 aliphatic rings. The van der Waals surface area contributed by atoms with E-state index in [-0.39, 0.29) is 24.5 Å². The molecule has 2 heterocycles. The molecule has 0 atom stereocenters. The Hall–Kier alpha value is -2.90. The Kier molecular flexibility index (Phi) is 5.16. The zero-order valence-corrected chi connectivity index (χ0v) is 15.5. The SMILES string of the molecule is Cl.Cn1ncc2c1Nc1ccccc1N(C(=O)c1ccc(CN)cc1F)C2. The monoisotopic (exact) mass is 387 g/mol. The molecule has 1 aliphatic heterocycles. The number of benzene rings is 2. The van der Waals surface area contributed by atoms with E-state index in [9.17, 15) is 9.18 Å². The van der Waals surface area contributed by atoms with Gasteiger partial charge in [0.05, 0.1) is 29.7 Å². The minimum absolute atomic E-state index is 0. The number of halogens is 2. The molecule has 0 bridgehead atoms.